The highest BCUT2D eigenvalue weighted by atomic mass is 15.0. The molecule has 0 atom stereocenters. The molecule has 0 saturated heterocycles. The Morgan fingerprint density at radius 2 is 0.831 bits per heavy atom. The van der Waals surface area contributed by atoms with Crippen LogP contribution in [0.25, 0.3) is 121 Å². The Balaban J connectivity index is 1.20. The molecule has 0 N–H and O–H groups in total. The first-order valence-electron chi connectivity index (χ1n) is 31.8. The molecule has 274 valence electrons. The fourth-order valence-electron chi connectivity index (χ4n) is 8.78. The molecule has 9 aromatic carbocycles. The molecule has 14 aromatic rings. The van der Waals surface area contributed by atoms with Gasteiger partial charge < -0.3 is 18.1 Å². The van der Waals surface area contributed by atoms with Crippen molar-refractivity contribution in [2.75, 3.05) is 0 Å². The van der Waals surface area contributed by atoms with E-state index in [1.54, 1.807) is 0 Å². The van der Waals surface area contributed by atoms with E-state index in [0.29, 0.717) is 0 Å². The van der Waals surface area contributed by atoms with Gasteiger partial charge in [0.05, 0.1) is 86.7 Å². The van der Waals surface area contributed by atoms with Crippen molar-refractivity contribution in [3.05, 3.63) is 193 Å². The summed E-state index contributed by atoms with van der Waals surface area (Å²) in [5.74, 6) is 0. The van der Waals surface area contributed by atoms with Gasteiger partial charge in [-0.3, -0.25) is 0 Å². The molecule has 14 rings (SSSR count). The summed E-state index contributed by atoms with van der Waals surface area (Å²) in [5, 5.41) is -3.13. The SMILES string of the molecule is [2H]c1c([2H])c([2H])c2c(c1[2H])c1c([2H])c(C)c([2H])c([2H])c1n2-c1cccc(-n2c3c([2H])c([2H])c([2H])c([2H])c3c3c([2H])c(-n4c5c([2H])c([2H])c([2H])c6c7c([2H])c([2H])c([2H])c8c9c([2H])c([2H])c([2H])c([2H])c9n(c9c([2H])c([2H])c([2H])c4c9c65)c78)c([2H])c([2H])c32)c1. The van der Waals surface area contributed by atoms with Gasteiger partial charge in [0, 0.05) is 65.5 Å². The second-order valence-corrected chi connectivity index (χ2v) is 14.1. The van der Waals surface area contributed by atoms with Crippen LogP contribution in [0.5, 0.6) is 0 Å². The van der Waals surface area contributed by atoms with E-state index in [-0.39, 0.29) is 83.4 Å². The van der Waals surface area contributed by atoms with Gasteiger partial charge in [0.15, 0.2) is 0 Å². The molecule has 0 aliphatic rings. The van der Waals surface area contributed by atoms with Gasteiger partial charge in [0.2, 0.25) is 0 Å². The van der Waals surface area contributed by atoms with E-state index in [1.165, 1.54) is 40.3 Å². The fourth-order valence-corrected chi connectivity index (χ4v) is 8.78. The summed E-state index contributed by atoms with van der Waals surface area (Å²) in [6.45, 7) is 1.43. The van der Waals surface area contributed by atoms with E-state index in [4.69, 9.17) is 16.4 Å². The van der Waals surface area contributed by atoms with Crippen LogP contribution in [0, 0.1) is 6.92 Å². The first-order valence-corrected chi connectivity index (χ1v) is 18.3. The third-order valence-electron chi connectivity index (χ3n) is 11.1. The van der Waals surface area contributed by atoms with Crippen molar-refractivity contribution in [2.24, 2.45) is 0 Å². The van der Waals surface area contributed by atoms with Crippen LogP contribution in [0.2, 0.25) is 0 Å². The van der Waals surface area contributed by atoms with Crippen LogP contribution in [0.4, 0.5) is 0 Å². The number of para-hydroxylation sites is 4. The molecule has 0 unspecified atom stereocenters. The molecule has 0 fully saturated rings. The summed E-state index contributed by atoms with van der Waals surface area (Å²) >= 11 is 0. The van der Waals surface area contributed by atoms with E-state index in [9.17, 15) is 20.6 Å². The molecule has 59 heavy (non-hydrogen) atoms. The van der Waals surface area contributed by atoms with Gasteiger partial charge in [-0.05, 0) is 97.0 Å². The van der Waals surface area contributed by atoms with Crippen LogP contribution in [-0.4, -0.2) is 18.1 Å². The van der Waals surface area contributed by atoms with E-state index in [0.717, 1.165) is 8.97 Å². The second-order valence-electron chi connectivity index (χ2n) is 14.1. The number of nitrogens with zero attached hydrogens (tertiary/aromatic N) is 4. The molecule has 0 amide bonds. The van der Waals surface area contributed by atoms with Crippen LogP contribution in [0.3, 0.4) is 0 Å². The predicted molar refractivity (Wildman–Crippen MR) is 249 cm³/mol. The maximum atomic E-state index is 10.3. The number of hydrogen-bond donors (Lipinski definition) is 0. The molecule has 0 saturated carbocycles. The highest BCUT2D eigenvalue weighted by Gasteiger charge is 2.23. The Hall–Kier alpha value is -7.82. The van der Waals surface area contributed by atoms with E-state index < -0.39 is 206 Å². The van der Waals surface area contributed by atoms with Crippen molar-refractivity contribution in [3.63, 3.8) is 0 Å². The van der Waals surface area contributed by atoms with Gasteiger partial charge in [-0.1, -0.05) is 108 Å². The van der Waals surface area contributed by atoms with E-state index in [1.807, 2.05) is 0 Å². The van der Waals surface area contributed by atoms with Crippen LogP contribution in [0.15, 0.2) is 187 Å². The first kappa shape index (κ1) is 15.5. The van der Waals surface area contributed by atoms with E-state index >= 15 is 0 Å². The number of fused-ring (bicyclic) bond motifs is 11. The summed E-state index contributed by atoms with van der Waals surface area (Å²) in [6, 6.07) is -13.4. The fraction of sp³-hybridized carbons (Fsp3) is 0.0182. The zero-order valence-electron chi connectivity index (χ0n) is 57.1. The summed E-state index contributed by atoms with van der Waals surface area (Å²) < 4.78 is 255. The summed E-state index contributed by atoms with van der Waals surface area (Å²) in [7, 11) is 0. The average Bonchev–Trinajstić information content (AvgIpc) is 1.51. The molecule has 0 aliphatic carbocycles. The lowest BCUT2D eigenvalue weighted by Crippen LogP contribution is -1.99. The van der Waals surface area contributed by atoms with Crippen molar-refractivity contribution < 1.29 is 37.0 Å². The molecule has 0 aliphatic heterocycles. The van der Waals surface area contributed by atoms with Gasteiger partial charge in [-0.25, -0.2) is 0 Å². The lowest BCUT2D eigenvalue weighted by atomic mass is 10.0. The van der Waals surface area contributed by atoms with Crippen LogP contribution >= 0.6 is 0 Å². The zero-order valence-corrected chi connectivity index (χ0v) is 30.1. The van der Waals surface area contributed by atoms with Crippen LogP contribution < -0.4 is 0 Å². The molecule has 0 radical (unpaired) electrons. The van der Waals surface area contributed by atoms with Gasteiger partial charge >= 0.3 is 0 Å². The molecule has 4 heteroatoms. The second kappa shape index (κ2) is 11.2. The molecular weight excluding hydrogens is 717 g/mol. The summed E-state index contributed by atoms with van der Waals surface area (Å²) in [6.07, 6.45) is 0. The number of aromatic nitrogens is 4. The third kappa shape index (κ3) is 3.98. The average molecular weight is 778 g/mol. The number of rotatable bonds is 3. The minimum atomic E-state index is -0.894. The molecule has 4 nitrogen and oxygen atoms in total. The normalized spacial score (nSPS) is 18.9. The summed E-state index contributed by atoms with van der Waals surface area (Å²) in [4.78, 5) is 0. The highest BCUT2D eigenvalue weighted by Crippen LogP contribution is 2.45. The topological polar surface area (TPSA) is 19.2 Å². The Kier molecular flexibility index (Phi) is 2.94. The lowest BCUT2D eigenvalue weighted by molar-refractivity contribution is 1.13. The van der Waals surface area contributed by atoms with Crippen molar-refractivity contribution in [1.82, 2.24) is 18.1 Å². The van der Waals surface area contributed by atoms with Gasteiger partial charge in [0.25, 0.3) is 0 Å². The first-order chi connectivity index (χ1) is 40.5. The molecule has 0 bridgehead atoms. The number of benzene rings is 9. The van der Waals surface area contributed by atoms with Gasteiger partial charge in [0.1, 0.15) is 0 Å². The third-order valence-corrected chi connectivity index (χ3v) is 11.1. The Labute approximate surface area is 375 Å². The molecule has 5 aromatic heterocycles. The van der Waals surface area contributed by atoms with Crippen molar-refractivity contribution >= 4 is 104 Å². The monoisotopic (exact) mass is 777 g/mol. The molecule has 0 spiro atoms. The van der Waals surface area contributed by atoms with Gasteiger partial charge in [-0.2, -0.15) is 0 Å². The molecule has 5 heterocycles. The van der Waals surface area contributed by atoms with Crippen molar-refractivity contribution in [2.45, 2.75) is 6.92 Å². The van der Waals surface area contributed by atoms with Gasteiger partial charge in [-0.15, -0.1) is 0 Å². The Bertz CT molecular complexity index is 5620. The summed E-state index contributed by atoms with van der Waals surface area (Å²) in [5.41, 5.74) is -3.89. The standard InChI is InChI=1S/C55H34N4/c1-33-26-28-48-43(30-33)38-15-3-5-20-45(38)56(48)34-12-8-13-35(31-34)57-46-21-6-4-16-39(46)44-32-36(27-29-49(44)57)58-50-23-10-17-40-42-19-9-18-41-37-14-2-7-22-47(37)59(55(41)42)52-25-11-24-51(58)54(52)53(40)50/h2-32H,1H3/i2D,3D,4D,5D,6D,7D,9D,10D,11D,14D,15D,16D,17D,18D,19D,20D,21D,22D,23D,24D,25D,26D,27D,28D,29D,30D,32D. The number of hydrogen-bond acceptors (Lipinski definition) is 0. The van der Waals surface area contributed by atoms with Crippen molar-refractivity contribution in [3.8, 4) is 17.1 Å². The lowest BCUT2D eigenvalue weighted by Gasteiger charge is -2.13. The highest BCUT2D eigenvalue weighted by molar-refractivity contribution is 6.31. The minimum absolute atomic E-state index is 0.0290. The Morgan fingerprint density at radius 3 is 1.56 bits per heavy atom. The quantitative estimate of drug-likeness (QED) is 0.170. The maximum Gasteiger partial charge on any atom is 0.0652 e. The predicted octanol–water partition coefficient (Wildman–Crippen LogP) is 14.4. The van der Waals surface area contributed by atoms with E-state index in [2.05, 4.69) is 0 Å². The van der Waals surface area contributed by atoms with Crippen LogP contribution in [0.1, 0.15) is 42.6 Å². The van der Waals surface area contributed by atoms with Crippen LogP contribution in [-0.2, 0) is 0 Å². The zero-order chi connectivity index (χ0) is 62.0. The smallest absolute Gasteiger partial charge is 0.0652 e. The maximum absolute atomic E-state index is 10.3. The largest absolute Gasteiger partial charge is 0.309 e. The minimum Gasteiger partial charge on any atom is -0.309 e. The van der Waals surface area contributed by atoms with Crippen molar-refractivity contribution in [1.29, 1.82) is 0 Å². The molecular formula is C55H34N4. The Morgan fingerprint density at radius 1 is 0.356 bits per heavy atom.